The quantitative estimate of drug-likeness (QED) is 0.100. The molecule has 0 atom stereocenters. The Kier molecular flexibility index (Phi) is 9.22. The average Bonchev–Trinajstić information content (AvgIpc) is 2.97. The van der Waals surface area contributed by atoms with Crippen LogP contribution in [-0.2, 0) is 4.74 Å². The van der Waals surface area contributed by atoms with Crippen LogP contribution in [0.4, 0.5) is 11.4 Å². The third-order valence-corrected chi connectivity index (χ3v) is 6.35. The van der Waals surface area contributed by atoms with Gasteiger partial charge >= 0.3 is 0 Å². The number of amides is 1. The van der Waals surface area contributed by atoms with Crippen LogP contribution in [0.2, 0.25) is 0 Å². The van der Waals surface area contributed by atoms with Crippen LogP contribution < -0.4 is 4.90 Å². The van der Waals surface area contributed by atoms with Gasteiger partial charge in [-0.3, -0.25) is 19.8 Å². The molecule has 1 fully saturated rings. The lowest BCUT2D eigenvalue weighted by Gasteiger charge is -2.26. The molecule has 0 radical (unpaired) electrons. The highest BCUT2D eigenvalue weighted by molar-refractivity contribution is 6.14. The van der Waals surface area contributed by atoms with E-state index in [1.54, 1.807) is 11.0 Å². The number of rotatable bonds is 9. The second kappa shape index (κ2) is 13.2. The molecule has 0 aromatic heterocycles. The number of hydrogen-bond donors (Lipinski definition) is 0. The Morgan fingerprint density at radius 1 is 0.974 bits per heavy atom. The van der Waals surface area contributed by atoms with Crippen molar-refractivity contribution in [1.29, 1.82) is 0 Å². The summed E-state index contributed by atoms with van der Waals surface area (Å²) >= 11 is 0. The molecule has 0 N–H and O–H groups in total. The Morgan fingerprint density at radius 3 is 2.21 bits per heavy atom. The number of anilines is 1. The highest BCUT2D eigenvalue weighted by atomic mass is 16.6. The van der Waals surface area contributed by atoms with E-state index in [-0.39, 0.29) is 17.6 Å². The van der Waals surface area contributed by atoms with Crippen molar-refractivity contribution < 1.29 is 14.5 Å². The summed E-state index contributed by atoms with van der Waals surface area (Å²) in [5.41, 5.74) is 2.26. The number of benzene rings is 3. The van der Waals surface area contributed by atoms with Crippen molar-refractivity contribution in [2.75, 3.05) is 11.5 Å². The smallest absolute Gasteiger partial charge is 0.269 e. The van der Waals surface area contributed by atoms with Crippen LogP contribution in [0.5, 0.6) is 0 Å². The largest absolute Gasteiger partial charge is 0.485 e. The molecule has 0 saturated heterocycles. The Hall–Kier alpha value is -4.48. The fourth-order valence-electron chi connectivity index (χ4n) is 4.43. The Balaban J connectivity index is 1.85. The number of ether oxygens (including phenoxy) is 1. The number of non-ortho nitro benzene ring substituents is 1. The maximum atomic E-state index is 14.0. The van der Waals surface area contributed by atoms with E-state index in [0.717, 1.165) is 31.2 Å². The van der Waals surface area contributed by atoms with Crippen molar-refractivity contribution in [3.05, 3.63) is 118 Å². The van der Waals surface area contributed by atoms with E-state index < -0.39 is 4.92 Å². The molecule has 7 nitrogen and oxygen atoms in total. The van der Waals surface area contributed by atoms with E-state index in [9.17, 15) is 14.9 Å². The minimum Gasteiger partial charge on any atom is -0.485 e. The predicted octanol–water partition coefficient (Wildman–Crippen LogP) is 7.21. The van der Waals surface area contributed by atoms with E-state index >= 15 is 0 Å². The van der Waals surface area contributed by atoms with Gasteiger partial charge in [0.2, 0.25) is 0 Å². The molecule has 0 bridgehead atoms. The highest BCUT2D eigenvalue weighted by Crippen LogP contribution is 2.30. The molecule has 4 rings (SSSR count). The molecule has 0 spiro atoms. The van der Waals surface area contributed by atoms with Crippen LogP contribution in [0.15, 0.2) is 102 Å². The fraction of sp³-hybridized carbons (Fsp3) is 0.258. The summed E-state index contributed by atoms with van der Waals surface area (Å²) < 4.78 is 5.92. The SMILES string of the molecule is CCOC(=C=NC1CCCCC1)/C=C(/c1ccccc1)N(C(=O)c1ccc([N+](=O)[O-])cc1)c1ccccc1. The monoisotopic (exact) mass is 509 g/mol. The summed E-state index contributed by atoms with van der Waals surface area (Å²) in [6.45, 7) is 2.32. The van der Waals surface area contributed by atoms with Crippen molar-refractivity contribution in [3.63, 3.8) is 0 Å². The number of para-hydroxylation sites is 1. The van der Waals surface area contributed by atoms with Gasteiger partial charge in [0, 0.05) is 35.3 Å². The summed E-state index contributed by atoms with van der Waals surface area (Å²) in [4.78, 5) is 31.0. The molecule has 1 saturated carbocycles. The van der Waals surface area contributed by atoms with Gasteiger partial charge in [-0.15, -0.1) is 0 Å². The Morgan fingerprint density at radius 2 is 1.61 bits per heavy atom. The first-order chi connectivity index (χ1) is 18.6. The Labute approximate surface area is 222 Å². The normalized spacial score (nSPS) is 13.8. The molecular weight excluding hydrogens is 478 g/mol. The zero-order valence-corrected chi connectivity index (χ0v) is 21.5. The second-order valence-corrected chi connectivity index (χ2v) is 9.01. The minimum atomic E-state index is -0.483. The lowest BCUT2D eigenvalue weighted by atomic mass is 9.96. The number of nitrogens with zero attached hydrogens (tertiary/aromatic N) is 3. The van der Waals surface area contributed by atoms with E-state index in [4.69, 9.17) is 4.74 Å². The number of carbonyl (C=O) groups excluding carboxylic acids is 1. The van der Waals surface area contributed by atoms with Crippen LogP contribution in [0.3, 0.4) is 0 Å². The van der Waals surface area contributed by atoms with Crippen molar-refractivity contribution in [2.45, 2.75) is 45.1 Å². The van der Waals surface area contributed by atoms with Crippen molar-refractivity contribution in [1.82, 2.24) is 0 Å². The third-order valence-electron chi connectivity index (χ3n) is 6.35. The molecule has 38 heavy (non-hydrogen) atoms. The number of aliphatic imine (C=N–C) groups is 1. The summed E-state index contributed by atoms with van der Waals surface area (Å²) in [6.07, 6.45) is 7.43. The Bertz CT molecular complexity index is 1320. The minimum absolute atomic E-state index is 0.0767. The first kappa shape index (κ1) is 26.6. The van der Waals surface area contributed by atoms with Gasteiger partial charge in [-0.25, -0.2) is 4.99 Å². The van der Waals surface area contributed by atoms with E-state index in [2.05, 4.69) is 10.9 Å². The molecule has 0 unspecified atom stereocenters. The maximum Gasteiger partial charge on any atom is 0.269 e. The van der Waals surface area contributed by atoms with Gasteiger partial charge in [-0.2, -0.15) is 0 Å². The lowest BCUT2D eigenvalue weighted by Crippen LogP contribution is -2.29. The fourth-order valence-corrected chi connectivity index (χ4v) is 4.43. The van der Waals surface area contributed by atoms with Gasteiger partial charge in [-0.05, 0) is 49.6 Å². The molecule has 3 aromatic carbocycles. The average molecular weight is 510 g/mol. The predicted molar refractivity (Wildman–Crippen MR) is 150 cm³/mol. The van der Waals surface area contributed by atoms with Gasteiger partial charge in [0.25, 0.3) is 11.6 Å². The summed E-state index contributed by atoms with van der Waals surface area (Å²) in [5.74, 6) is 3.23. The second-order valence-electron chi connectivity index (χ2n) is 9.01. The van der Waals surface area contributed by atoms with Crippen LogP contribution in [0, 0.1) is 10.1 Å². The van der Waals surface area contributed by atoms with Crippen molar-refractivity contribution >= 4 is 28.8 Å². The van der Waals surface area contributed by atoms with Crippen LogP contribution in [-0.4, -0.2) is 29.3 Å². The molecule has 3 aromatic rings. The lowest BCUT2D eigenvalue weighted by molar-refractivity contribution is -0.384. The molecule has 194 valence electrons. The van der Waals surface area contributed by atoms with Gasteiger partial charge < -0.3 is 4.74 Å². The first-order valence-corrected chi connectivity index (χ1v) is 12.9. The maximum absolute atomic E-state index is 14.0. The van der Waals surface area contributed by atoms with Crippen LogP contribution in [0.25, 0.3) is 5.70 Å². The van der Waals surface area contributed by atoms with Crippen LogP contribution >= 0.6 is 0 Å². The van der Waals surface area contributed by atoms with Gasteiger partial charge in [0.05, 0.1) is 23.3 Å². The third kappa shape index (κ3) is 6.84. The number of allylic oxidation sites excluding steroid dienone is 1. The van der Waals surface area contributed by atoms with Crippen molar-refractivity contribution in [2.24, 2.45) is 4.99 Å². The molecule has 1 amide bonds. The van der Waals surface area contributed by atoms with E-state index in [1.165, 1.54) is 30.7 Å². The van der Waals surface area contributed by atoms with Crippen molar-refractivity contribution in [3.8, 4) is 0 Å². The van der Waals surface area contributed by atoms with Gasteiger partial charge in [0.1, 0.15) is 0 Å². The zero-order chi connectivity index (χ0) is 26.7. The number of nitro groups is 1. The number of nitro benzene ring substituents is 1. The van der Waals surface area contributed by atoms with Crippen LogP contribution in [0.1, 0.15) is 54.9 Å². The summed E-state index contributed by atoms with van der Waals surface area (Å²) in [7, 11) is 0. The van der Waals surface area contributed by atoms with Gasteiger partial charge in [0.15, 0.2) is 5.76 Å². The molecule has 0 heterocycles. The highest BCUT2D eigenvalue weighted by Gasteiger charge is 2.24. The first-order valence-electron chi connectivity index (χ1n) is 12.9. The molecule has 1 aliphatic carbocycles. The molecule has 7 heteroatoms. The number of carbonyl (C=O) groups is 1. The summed E-state index contributed by atoms with van der Waals surface area (Å²) in [6, 6.07) is 24.7. The standard InChI is InChI=1S/C31H31N3O4/c1-2-38-29(23-32-26-14-8-4-9-15-26)22-30(24-12-6-3-7-13-24)33(27-16-10-5-11-17-27)31(35)25-18-20-28(21-19-25)34(36)37/h3,5-7,10-13,16-22,26H,2,4,8-9,14-15H2,1H3/b30-22-. The molecule has 0 aliphatic heterocycles. The van der Waals surface area contributed by atoms with E-state index in [1.807, 2.05) is 67.6 Å². The zero-order valence-electron chi connectivity index (χ0n) is 21.5. The number of hydrogen-bond acceptors (Lipinski definition) is 5. The molecule has 1 aliphatic rings. The van der Waals surface area contributed by atoms with E-state index in [0.29, 0.717) is 29.3 Å². The summed E-state index contributed by atoms with van der Waals surface area (Å²) in [5, 5.41) is 11.2. The van der Waals surface area contributed by atoms with Gasteiger partial charge in [-0.1, -0.05) is 67.8 Å². The topological polar surface area (TPSA) is 85.0 Å². The molecular formula is C31H31N3O4.